The van der Waals surface area contributed by atoms with Gasteiger partial charge in [-0.05, 0) is 24.6 Å². The van der Waals surface area contributed by atoms with Crippen molar-refractivity contribution in [2.75, 3.05) is 47.2 Å². The lowest BCUT2D eigenvalue weighted by molar-refractivity contribution is -0.132. The highest BCUT2D eigenvalue weighted by atomic mass is 16.5. The van der Waals surface area contributed by atoms with Gasteiger partial charge in [-0.3, -0.25) is 9.69 Å². The van der Waals surface area contributed by atoms with E-state index in [0.29, 0.717) is 44.2 Å². The van der Waals surface area contributed by atoms with Crippen LogP contribution in [0.1, 0.15) is 12.5 Å². The maximum atomic E-state index is 12.9. The number of nitrogens with zero attached hydrogens (tertiary/aromatic N) is 2. The number of hydrogen-bond acceptors (Lipinski definition) is 6. The van der Waals surface area contributed by atoms with Crippen LogP contribution in [0, 0.1) is 0 Å². The molecule has 2 heterocycles. The lowest BCUT2D eigenvalue weighted by Crippen LogP contribution is -2.48. The molecule has 3 amide bonds. The molecule has 2 saturated heterocycles. The third kappa shape index (κ3) is 3.61. The lowest BCUT2D eigenvalue weighted by Gasteiger charge is -2.30. The van der Waals surface area contributed by atoms with Gasteiger partial charge in [-0.1, -0.05) is 6.07 Å². The summed E-state index contributed by atoms with van der Waals surface area (Å²) in [5, 5.41) is 2.84. The molecule has 8 heteroatoms. The first-order valence-corrected chi connectivity index (χ1v) is 8.62. The second-order valence-electron chi connectivity index (χ2n) is 6.73. The van der Waals surface area contributed by atoms with Crippen LogP contribution in [-0.2, 0) is 16.0 Å². The van der Waals surface area contributed by atoms with Crippen molar-refractivity contribution in [3.63, 3.8) is 0 Å². The summed E-state index contributed by atoms with van der Waals surface area (Å²) in [4.78, 5) is 28.6. The zero-order valence-corrected chi connectivity index (χ0v) is 15.4. The molecule has 1 aromatic carbocycles. The minimum atomic E-state index is -0.983. The van der Waals surface area contributed by atoms with Crippen LogP contribution < -0.4 is 14.8 Å². The van der Waals surface area contributed by atoms with Crippen molar-refractivity contribution >= 4 is 11.9 Å². The van der Waals surface area contributed by atoms with E-state index in [-0.39, 0.29) is 18.6 Å². The number of amides is 3. The van der Waals surface area contributed by atoms with Gasteiger partial charge in [0, 0.05) is 19.5 Å². The van der Waals surface area contributed by atoms with Crippen LogP contribution in [0.15, 0.2) is 18.2 Å². The van der Waals surface area contributed by atoms with Gasteiger partial charge >= 0.3 is 6.03 Å². The predicted octanol–water partition coefficient (Wildman–Crippen LogP) is 0.847. The Kier molecular flexibility index (Phi) is 5.33. The molecule has 0 aliphatic carbocycles. The highest BCUT2D eigenvalue weighted by Gasteiger charge is 2.48. The Morgan fingerprint density at radius 2 is 1.85 bits per heavy atom. The molecule has 1 N–H and O–H groups in total. The van der Waals surface area contributed by atoms with Crippen molar-refractivity contribution < 1.29 is 23.8 Å². The SMILES string of the molecule is COc1ccc(C[C@]2(C)NC(=O)N(CN3CCOCC3)C2=O)cc1OC. The Bertz CT molecular complexity index is 689. The largest absolute Gasteiger partial charge is 0.493 e. The number of hydrogen-bond donors (Lipinski definition) is 1. The summed E-state index contributed by atoms with van der Waals surface area (Å²) in [6, 6.07) is 5.14. The van der Waals surface area contributed by atoms with E-state index in [1.54, 1.807) is 27.2 Å². The van der Waals surface area contributed by atoms with Crippen LogP contribution in [0.4, 0.5) is 4.79 Å². The average molecular weight is 363 g/mol. The second-order valence-corrected chi connectivity index (χ2v) is 6.73. The summed E-state index contributed by atoms with van der Waals surface area (Å²) in [6.45, 7) is 4.70. The monoisotopic (exact) mass is 363 g/mol. The molecule has 0 spiro atoms. The third-order valence-electron chi connectivity index (χ3n) is 4.80. The van der Waals surface area contributed by atoms with Crippen LogP contribution in [0.25, 0.3) is 0 Å². The summed E-state index contributed by atoms with van der Waals surface area (Å²) >= 11 is 0. The van der Waals surface area contributed by atoms with Gasteiger partial charge in [-0.2, -0.15) is 0 Å². The van der Waals surface area contributed by atoms with Gasteiger partial charge in [-0.25, -0.2) is 9.69 Å². The Hall–Kier alpha value is -2.32. The van der Waals surface area contributed by atoms with Crippen LogP contribution >= 0.6 is 0 Å². The molecule has 1 atom stereocenters. The van der Waals surface area contributed by atoms with Gasteiger partial charge in [0.05, 0.1) is 34.1 Å². The molecule has 26 heavy (non-hydrogen) atoms. The molecule has 2 aliphatic rings. The smallest absolute Gasteiger partial charge is 0.326 e. The zero-order chi connectivity index (χ0) is 18.7. The minimum absolute atomic E-state index is 0.219. The van der Waals surface area contributed by atoms with E-state index in [9.17, 15) is 9.59 Å². The van der Waals surface area contributed by atoms with Crippen molar-refractivity contribution in [3.8, 4) is 11.5 Å². The number of urea groups is 1. The highest BCUT2D eigenvalue weighted by molar-refractivity contribution is 6.06. The molecular weight excluding hydrogens is 338 g/mol. The van der Waals surface area contributed by atoms with E-state index < -0.39 is 5.54 Å². The van der Waals surface area contributed by atoms with Crippen LogP contribution in [0.3, 0.4) is 0 Å². The van der Waals surface area contributed by atoms with E-state index in [1.807, 2.05) is 17.0 Å². The van der Waals surface area contributed by atoms with E-state index >= 15 is 0 Å². The van der Waals surface area contributed by atoms with Crippen LogP contribution in [-0.4, -0.2) is 74.5 Å². The molecule has 3 rings (SSSR count). The third-order valence-corrected chi connectivity index (χ3v) is 4.80. The van der Waals surface area contributed by atoms with Gasteiger partial charge in [0.15, 0.2) is 11.5 Å². The molecule has 2 aliphatic heterocycles. The summed E-state index contributed by atoms with van der Waals surface area (Å²) in [5.74, 6) is 0.997. The fourth-order valence-electron chi connectivity index (χ4n) is 3.34. The fourth-order valence-corrected chi connectivity index (χ4v) is 3.34. The standard InChI is InChI=1S/C18H25N3O5/c1-18(11-13-4-5-14(24-2)15(10-13)25-3)16(22)21(17(23)19-18)12-20-6-8-26-9-7-20/h4-5,10H,6-9,11-12H2,1-3H3,(H,19,23)/t18-/m0/s1. The van der Waals surface area contributed by atoms with Crippen molar-refractivity contribution in [3.05, 3.63) is 23.8 Å². The summed E-state index contributed by atoms with van der Waals surface area (Å²) in [6.07, 6.45) is 0.373. The van der Waals surface area contributed by atoms with Crippen molar-refractivity contribution in [1.82, 2.24) is 15.1 Å². The van der Waals surface area contributed by atoms with Gasteiger partial charge in [-0.15, -0.1) is 0 Å². The number of nitrogens with one attached hydrogen (secondary N) is 1. The van der Waals surface area contributed by atoms with Crippen molar-refractivity contribution in [2.24, 2.45) is 0 Å². The highest BCUT2D eigenvalue weighted by Crippen LogP contribution is 2.30. The van der Waals surface area contributed by atoms with E-state index in [1.165, 1.54) is 4.90 Å². The normalized spacial score (nSPS) is 23.9. The van der Waals surface area contributed by atoms with E-state index in [4.69, 9.17) is 14.2 Å². The molecule has 8 nitrogen and oxygen atoms in total. The Morgan fingerprint density at radius 3 is 2.50 bits per heavy atom. The summed E-state index contributed by atoms with van der Waals surface area (Å²) < 4.78 is 15.9. The number of carbonyl (C=O) groups excluding carboxylic acids is 2. The number of methoxy groups -OCH3 is 2. The first-order valence-electron chi connectivity index (χ1n) is 8.62. The Balaban J connectivity index is 1.73. The minimum Gasteiger partial charge on any atom is -0.493 e. The Labute approximate surface area is 153 Å². The number of morpholine rings is 1. The van der Waals surface area contributed by atoms with Crippen LogP contribution in [0.2, 0.25) is 0 Å². The van der Waals surface area contributed by atoms with E-state index in [2.05, 4.69) is 5.32 Å². The number of ether oxygens (including phenoxy) is 3. The number of imide groups is 1. The molecule has 142 valence electrons. The predicted molar refractivity (Wildman–Crippen MR) is 94.3 cm³/mol. The van der Waals surface area contributed by atoms with Crippen molar-refractivity contribution in [2.45, 2.75) is 18.9 Å². The zero-order valence-electron chi connectivity index (χ0n) is 15.4. The molecule has 2 fully saturated rings. The maximum absolute atomic E-state index is 12.9. The molecule has 0 aromatic heterocycles. The first-order chi connectivity index (χ1) is 12.5. The fraction of sp³-hybridized carbons (Fsp3) is 0.556. The molecule has 0 radical (unpaired) electrons. The summed E-state index contributed by atoms with van der Waals surface area (Å²) in [5.41, 5.74) is -0.102. The first kappa shape index (κ1) is 18.5. The number of rotatable bonds is 6. The van der Waals surface area contributed by atoms with Crippen LogP contribution in [0.5, 0.6) is 11.5 Å². The number of carbonyl (C=O) groups is 2. The maximum Gasteiger partial charge on any atom is 0.326 e. The van der Waals surface area contributed by atoms with Gasteiger partial charge in [0.1, 0.15) is 5.54 Å². The van der Waals surface area contributed by atoms with Gasteiger partial charge in [0.2, 0.25) is 0 Å². The molecule has 0 saturated carbocycles. The molecule has 0 unspecified atom stereocenters. The number of benzene rings is 1. The van der Waals surface area contributed by atoms with Gasteiger partial charge in [0.25, 0.3) is 5.91 Å². The molecule has 1 aromatic rings. The molecule has 0 bridgehead atoms. The topological polar surface area (TPSA) is 80.3 Å². The van der Waals surface area contributed by atoms with E-state index in [0.717, 1.165) is 5.56 Å². The quantitative estimate of drug-likeness (QED) is 0.755. The average Bonchev–Trinajstić information content (AvgIpc) is 2.85. The molecular formula is C18H25N3O5. The summed E-state index contributed by atoms with van der Waals surface area (Å²) in [7, 11) is 3.14. The Morgan fingerprint density at radius 1 is 1.15 bits per heavy atom. The van der Waals surface area contributed by atoms with Gasteiger partial charge < -0.3 is 19.5 Å². The lowest BCUT2D eigenvalue weighted by atomic mass is 9.92. The second kappa shape index (κ2) is 7.51. The van der Waals surface area contributed by atoms with Crippen molar-refractivity contribution in [1.29, 1.82) is 0 Å².